The molecule has 0 saturated heterocycles. The molecule has 0 radical (unpaired) electrons. The molecule has 0 aliphatic heterocycles. The zero-order chi connectivity index (χ0) is 13.8. The van der Waals surface area contributed by atoms with Gasteiger partial charge in [0.25, 0.3) is 5.69 Å². The molecule has 1 aliphatic carbocycles. The number of fused-ring (bicyclic) bond motifs is 3. The van der Waals surface area contributed by atoms with Crippen molar-refractivity contribution >= 4 is 10.1 Å². The van der Waals surface area contributed by atoms with Crippen LogP contribution in [0.15, 0.2) is 22.8 Å². The predicted molar refractivity (Wildman–Crippen MR) is 58.7 cm³/mol. The Bertz CT molecular complexity index is 772. The SMILES string of the molecule is O=S(=O)([O-])C1Cc2c(no[n+]2[O-])-c2ccc(O)cc21.[K+]. The molecule has 0 bridgehead atoms. The third-order valence-corrected chi connectivity index (χ3v) is 4.18. The van der Waals surface area contributed by atoms with Gasteiger partial charge in [0.2, 0.25) is 5.69 Å². The minimum absolute atomic E-state index is 0. The summed E-state index contributed by atoms with van der Waals surface area (Å²) in [6, 6.07) is 3.89. The van der Waals surface area contributed by atoms with Crippen molar-refractivity contribution in [1.29, 1.82) is 0 Å². The van der Waals surface area contributed by atoms with Gasteiger partial charge in [-0.2, -0.15) is 0 Å². The van der Waals surface area contributed by atoms with Crippen molar-refractivity contribution in [3.05, 3.63) is 34.7 Å². The normalized spacial score (nSPS) is 16.9. The van der Waals surface area contributed by atoms with Crippen molar-refractivity contribution in [3.63, 3.8) is 0 Å². The summed E-state index contributed by atoms with van der Waals surface area (Å²) in [5.41, 5.74) is 0.589. The first-order valence-electron chi connectivity index (χ1n) is 5.24. The van der Waals surface area contributed by atoms with Gasteiger partial charge >= 0.3 is 51.4 Å². The quantitative estimate of drug-likeness (QED) is 0.333. The molecule has 1 aromatic carbocycles. The molecule has 0 spiro atoms. The Morgan fingerprint density at radius 2 is 2.15 bits per heavy atom. The predicted octanol–water partition coefficient (Wildman–Crippen LogP) is -3.17. The third-order valence-electron chi connectivity index (χ3n) is 3.06. The molecule has 1 heterocycles. The molecular formula is C10H7KN2O6S. The Kier molecular flexibility index (Phi) is 4.26. The average Bonchev–Trinajstić information content (AvgIpc) is 2.68. The fraction of sp³-hybridized carbons (Fsp3) is 0.200. The molecule has 3 rings (SSSR count). The minimum Gasteiger partial charge on any atom is -0.747 e. The summed E-state index contributed by atoms with van der Waals surface area (Å²) < 4.78 is 38.3. The molecular weight excluding hydrogens is 315 g/mol. The van der Waals surface area contributed by atoms with Crippen molar-refractivity contribution in [3.8, 4) is 17.0 Å². The molecule has 0 fully saturated rings. The van der Waals surface area contributed by atoms with E-state index >= 15 is 0 Å². The van der Waals surface area contributed by atoms with Gasteiger partial charge in [-0.15, -0.1) is 0 Å². The molecule has 1 unspecified atom stereocenters. The number of nitrogens with zero attached hydrogens (tertiary/aromatic N) is 2. The van der Waals surface area contributed by atoms with Crippen molar-refractivity contribution < 1.29 is 79.0 Å². The fourth-order valence-electron chi connectivity index (χ4n) is 2.22. The number of phenolic OH excluding ortho intramolecular Hbond substituents is 1. The summed E-state index contributed by atoms with van der Waals surface area (Å²) in [4.78, 5) is 0.0866. The second-order valence-electron chi connectivity index (χ2n) is 4.18. The molecule has 8 nitrogen and oxygen atoms in total. The van der Waals surface area contributed by atoms with E-state index in [9.17, 15) is 23.3 Å². The van der Waals surface area contributed by atoms with Gasteiger partial charge < -0.3 is 14.9 Å². The molecule has 100 valence electrons. The first-order chi connectivity index (χ1) is 8.88. The van der Waals surface area contributed by atoms with Gasteiger partial charge in [0.15, 0.2) is 0 Å². The fourth-order valence-corrected chi connectivity index (χ4v) is 3.09. The largest absolute Gasteiger partial charge is 1.00 e. The van der Waals surface area contributed by atoms with Crippen LogP contribution in [0.25, 0.3) is 11.3 Å². The second-order valence-corrected chi connectivity index (χ2v) is 5.74. The molecule has 20 heavy (non-hydrogen) atoms. The van der Waals surface area contributed by atoms with Crippen LogP contribution in [0.3, 0.4) is 0 Å². The van der Waals surface area contributed by atoms with E-state index in [0.717, 1.165) is 0 Å². The number of aromatic hydroxyl groups is 1. The number of hydrogen-bond donors (Lipinski definition) is 1. The Labute approximate surface area is 156 Å². The maximum absolute atomic E-state index is 11.4. The van der Waals surface area contributed by atoms with Crippen LogP contribution in [0.1, 0.15) is 16.5 Å². The number of benzene rings is 1. The molecule has 10 heteroatoms. The smallest absolute Gasteiger partial charge is 0.747 e. The van der Waals surface area contributed by atoms with Crippen LogP contribution >= 0.6 is 0 Å². The van der Waals surface area contributed by atoms with E-state index < -0.39 is 15.4 Å². The van der Waals surface area contributed by atoms with Gasteiger partial charge in [-0.05, 0) is 28.7 Å². The third kappa shape index (κ3) is 2.52. The molecule has 1 N–H and O–H groups in total. The van der Waals surface area contributed by atoms with Gasteiger partial charge in [-0.1, -0.05) is 0 Å². The summed E-state index contributed by atoms with van der Waals surface area (Å²) in [6.07, 6.45) is -0.329. The van der Waals surface area contributed by atoms with Gasteiger partial charge in [0.1, 0.15) is 15.9 Å². The van der Waals surface area contributed by atoms with Gasteiger partial charge in [-0.3, -0.25) is 4.63 Å². The Hall–Kier alpha value is -0.494. The summed E-state index contributed by atoms with van der Waals surface area (Å²) >= 11 is 0. The van der Waals surface area contributed by atoms with E-state index in [0.29, 0.717) is 5.56 Å². The zero-order valence-corrected chi connectivity index (χ0v) is 14.2. The first kappa shape index (κ1) is 15.9. The van der Waals surface area contributed by atoms with Gasteiger partial charge in [0.05, 0.1) is 5.25 Å². The average molecular weight is 322 g/mol. The minimum atomic E-state index is -4.68. The number of phenols is 1. The van der Waals surface area contributed by atoms with E-state index in [4.69, 9.17) is 0 Å². The van der Waals surface area contributed by atoms with Crippen molar-refractivity contribution in [2.75, 3.05) is 0 Å². The van der Waals surface area contributed by atoms with Gasteiger partial charge in [-0.25, -0.2) is 8.42 Å². The van der Waals surface area contributed by atoms with Crippen LogP contribution < -0.4 is 56.3 Å². The van der Waals surface area contributed by atoms with Crippen molar-refractivity contribution in [2.24, 2.45) is 0 Å². The molecule has 1 aliphatic rings. The van der Waals surface area contributed by atoms with Crippen molar-refractivity contribution in [2.45, 2.75) is 11.7 Å². The molecule has 0 amide bonds. The molecule has 1 atom stereocenters. The number of hydrogen-bond acceptors (Lipinski definition) is 7. The topological polar surface area (TPSA) is 130 Å². The first-order valence-corrected chi connectivity index (χ1v) is 6.71. The van der Waals surface area contributed by atoms with Crippen LogP contribution in [0.5, 0.6) is 5.75 Å². The van der Waals surface area contributed by atoms with E-state index in [1.807, 2.05) is 0 Å². The second kappa shape index (κ2) is 5.37. The standard InChI is InChI=1S/C10H8N2O6S.K/c13-5-1-2-6-7(3-5)9(19(15,16)17)4-8-10(6)11-18-12(8)14;/h1-3,9,13H,4H2,(H,15,16,17);/q;+1/p-1. The van der Waals surface area contributed by atoms with Crippen LogP contribution in [-0.4, -0.2) is 23.2 Å². The Balaban J connectivity index is 0.00000147. The maximum Gasteiger partial charge on any atom is 1.00 e. The maximum atomic E-state index is 11.4. The van der Waals surface area contributed by atoms with E-state index in [2.05, 4.69) is 9.79 Å². The van der Waals surface area contributed by atoms with Crippen LogP contribution in [0.2, 0.25) is 0 Å². The Morgan fingerprint density at radius 1 is 1.45 bits per heavy atom. The zero-order valence-electron chi connectivity index (χ0n) is 10.3. The van der Waals surface area contributed by atoms with E-state index in [1.54, 1.807) is 0 Å². The molecule has 0 saturated carbocycles. The number of aromatic nitrogens is 2. The van der Waals surface area contributed by atoms with E-state index in [-0.39, 0.29) is 85.4 Å². The summed E-state index contributed by atoms with van der Waals surface area (Å²) in [5, 5.41) is 22.9. The van der Waals surface area contributed by atoms with Crippen LogP contribution in [-0.2, 0) is 16.5 Å². The molecule has 2 aromatic rings. The van der Waals surface area contributed by atoms with Crippen molar-refractivity contribution in [1.82, 2.24) is 5.16 Å². The van der Waals surface area contributed by atoms with Crippen LogP contribution in [0.4, 0.5) is 0 Å². The van der Waals surface area contributed by atoms with E-state index in [1.165, 1.54) is 18.2 Å². The monoisotopic (exact) mass is 322 g/mol. The summed E-state index contributed by atoms with van der Waals surface area (Å²) in [6.45, 7) is 0. The number of rotatable bonds is 1. The summed E-state index contributed by atoms with van der Waals surface area (Å²) in [5.74, 6) is -0.172. The Morgan fingerprint density at radius 3 is 2.80 bits per heavy atom. The van der Waals surface area contributed by atoms with Gasteiger partial charge in [0, 0.05) is 17.1 Å². The summed E-state index contributed by atoms with van der Waals surface area (Å²) in [7, 11) is -4.68. The molecule has 1 aromatic heterocycles. The van der Waals surface area contributed by atoms with Crippen LogP contribution in [0, 0.1) is 5.21 Å².